The summed E-state index contributed by atoms with van der Waals surface area (Å²) in [4.78, 5) is 4.48. The van der Waals surface area contributed by atoms with Crippen LogP contribution in [0, 0.1) is 5.82 Å². The van der Waals surface area contributed by atoms with Gasteiger partial charge in [0.15, 0.2) is 0 Å². The number of nitrogens with zero attached hydrogens (tertiary/aromatic N) is 4. The molecule has 3 aromatic rings. The number of thioether (sulfide) groups is 1. The standard InChI is InChI=1S/C18H18ClFN4O4S2/c1-27-16-14(24-7-11(22-23-24)17-21-4-5-29-17)15(26)12(8-25)28-18(16)30-13-6-9(19)2-3-10(13)20/h2-7,12,14-16,18,25-26H,8H2,1H3. The summed E-state index contributed by atoms with van der Waals surface area (Å²) in [6.07, 6.45) is 0.534. The molecule has 1 aromatic carbocycles. The third-order valence-electron chi connectivity index (χ3n) is 4.70. The van der Waals surface area contributed by atoms with E-state index in [1.54, 1.807) is 12.4 Å². The highest BCUT2D eigenvalue weighted by atomic mass is 35.5. The second-order valence-corrected chi connectivity index (χ2v) is 8.99. The van der Waals surface area contributed by atoms with Crippen molar-refractivity contribution < 1.29 is 24.1 Å². The molecule has 8 nitrogen and oxygen atoms in total. The molecule has 4 rings (SSSR count). The molecule has 0 spiro atoms. The van der Waals surface area contributed by atoms with Crippen molar-refractivity contribution in [1.82, 2.24) is 20.0 Å². The molecule has 5 unspecified atom stereocenters. The van der Waals surface area contributed by atoms with E-state index >= 15 is 0 Å². The number of benzene rings is 1. The number of methoxy groups -OCH3 is 1. The zero-order valence-corrected chi connectivity index (χ0v) is 18.0. The van der Waals surface area contributed by atoms with Crippen LogP contribution in [-0.2, 0) is 9.47 Å². The Morgan fingerprint density at radius 1 is 1.43 bits per heavy atom. The summed E-state index contributed by atoms with van der Waals surface area (Å²) in [7, 11) is 1.47. The van der Waals surface area contributed by atoms with E-state index in [9.17, 15) is 14.6 Å². The van der Waals surface area contributed by atoms with Gasteiger partial charge >= 0.3 is 0 Å². The SMILES string of the molecule is COC1C(Sc2cc(Cl)ccc2F)OC(CO)C(O)C1n1cc(-c2nccs2)nn1. The lowest BCUT2D eigenvalue weighted by Gasteiger charge is -2.43. The molecule has 0 radical (unpaired) electrons. The fourth-order valence-electron chi connectivity index (χ4n) is 3.27. The maximum Gasteiger partial charge on any atom is 0.145 e. The normalized spacial score (nSPS) is 26.8. The Kier molecular flexibility index (Phi) is 6.68. The molecule has 0 saturated carbocycles. The summed E-state index contributed by atoms with van der Waals surface area (Å²) in [6, 6.07) is 3.47. The lowest BCUT2D eigenvalue weighted by molar-refractivity contribution is -0.186. The van der Waals surface area contributed by atoms with Crippen molar-refractivity contribution in [2.75, 3.05) is 13.7 Å². The molecular formula is C18H18ClFN4O4S2. The van der Waals surface area contributed by atoms with Gasteiger partial charge in [0.25, 0.3) is 0 Å². The fraction of sp³-hybridized carbons (Fsp3) is 0.389. The first-order valence-electron chi connectivity index (χ1n) is 8.92. The fourth-order valence-corrected chi connectivity index (χ4v) is 5.33. The number of rotatable bonds is 6. The molecule has 1 saturated heterocycles. The summed E-state index contributed by atoms with van der Waals surface area (Å²) >= 11 is 8.47. The van der Waals surface area contributed by atoms with E-state index < -0.39 is 42.2 Å². The van der Waals surface area contributed by atoms with Crippen LogP contribution in [0.4, 0.5) is 4.39 Å². The smallest absolute Gasteiger partial charge is 0.145 e. The van der Waals surface area contributed by atoms with Gasteiger partial charge in [0.05, 0.1) is 12.8 Å². The number of hydrogen-bond donors (Lipinski definition) is 2. The summed E-state index contributed by atoms with van der Waals surface area (Å²) in [5.41, 5.74) is -0.204. The molecule has 2 N–H and O–H groups in total. The van der Waals surface area contributed by atoms with Crippen LogP contribution < -0.4 is 0 Å². The van der Waals surface area contributed by atoms with Gasteiger partial charge in [0, 0.05) is 28.6 Å². The highest BCUT2D eigenvalue weighted by Crippen LogP contribution is 2.40. The highest BCUT2D eigenvalue weighted by molar-refractivity contribution is 7.99. The number of halogens is 2. The maximum absolute atomic E-state index is 14.3. The summed E-state index contributed by atoms with van der Waals surface area (Å²) in [5.74, 6) is -0.460. The molecule has 1 fully saturated rings. The van der Waals surface area contributed by atoms with Crippen molar-refractivity contribution >= 4 is 34.7 Å². The Balaban J connectivity index is 1.66. The molecule has 5 atom stereocenters. The quantitative estimate of drug-likeness (QED) is 0.564. The van der Waals surface area contributed by atoms with Crippen molar-refractivity contribution in [2.24, 2.45) is 0 Å². The van der Waals surface area contributed by atoms with Crippen LogP contribution in [0.25, 0.3) is 10.7 Å². The Morgan fingerprint density at radius 2 is 2.27 bits per heavy atom. The summed E-state index contributed by atoms with van der Waals surface area (Å²) in [5, 5.41) is 31.7. The minimum Gasteiger partial charge on any atom is -0.394 e. The molecule has 0 bridgehead atoms. The maximum atomic E-state index is 14.3. The van der Waals surface area contributed by atoms with Crippen molar-refractivity contribution in [3.63, 3.8) is 0 Å². The molecule has 12 heteroatoms. The molecule has 1 aliphatic heterocycles. The second kappa shape index (κ2) is 9.27. The molecule has 0 amide bonds. The van der Waals surface area contributed by atoms with Crippen LogP contribution in [0.1, 0.15) is 6.04 Å². The second-order valence-electron chi connectivity index (χ2n) is 6.52. The van der Waals surface area contributed by atoms with E-state index in [4.69, 9.17) is 21.1 Å². The van der Waals surface area contributed by atoms with Gasteiger partial charge in [-0.2, -0.15) is 0 Å². The summed E-state index contributed by atoms with van der Waals surface area (Å²) < 4.78 is 27.2. The van der Waals surface area contributed by atoms with Gasteiger partial charge < -0.3 is 19.7 Å². The Hall–Kier alpha value is -1.60. The molecular weight excluding hydrogens is 455 g/mol. The van der Waals surface area contributed by atoms with Gasteiger partial charge in [-0.15, -0.1) is 16.4 Å². The van der Waals surface area contributed by atoms with Gasteiger partial charge in [0.2, 0.25) is 0 Å². The van der Waals surface area contributed by atoms with Crippen molar-refractivity contribution in [3.05, 3.63) is 46.8 Å². The lowest BCUT2D eigenvalue weighted by Crippen LogP contribution is -2.55. The minimum absolute atomic E-state index is 0.267. The van der Waals surface area contributed by atoms with Crippen LogP contribution >= 0.6 is 34.7 Å². The number of ether oxygens (including phenoxy) is 2. The Morgan fingerprint density at radius 3 is 2.97 bits per heavy atom. The average molecular weight is 473 g/mol. The van der Waals surface area contributed by atoms with Gasteiger partial charge in [0.1, 0.15) is 46.3 Å². The third kappa shape index (κ3) is 4.24. The largest absolute Gasteiger partial charge is 0.394 e. The van der Waals surface area contributed by atoms with E-state index in [1.165, 1.54) is 41.3 Å². The molecule has 2 aromatic heterocycles. The Bertz CT molecular complexity index is 992. The monoisotopic (exact) mass is 472 g/mol. The first-order chi connectivity index (χ1) is 14.5. The van der Waals surface area contributed by atoms with Crippen LogP contribution in [0.15, 0.2) is 40.9 Å². The van der Waals surface area contributed by atoms with Crippen LogP contribution in [0.5, 0.6) is 0 Å². The number of hydrogen-bond acceptors (Lipinski definition) is 9. The van der Waals surface area contributed by atoms with Crippen LogP contribution in [-0.4, -0.2) is 67.7 Å². The van der Waals surface area contributed by atoms with E-state index in [-0.39, 0.29) is 4.90 Å². The van der Waals surface area contributed by atoms with Crippen molar-refractivity contribution in [1.29, 1.82) is 0 Å². The predicted octanol–water partition coefficient (Wildman–Crippen LogP) is 2.62. The molecule has 30 heavy (non-hydrogen) atoms. The van der Waals surface area contributed by atoms with E-state index in [0.717, 1.165) is 11.8 Å². The third-order valence-corrected chi connectivity index (χ3v) is 6.91. The molecule has 0 aliphatic carbocycles. The topological polar surface area (TPSA) is 103 Å². The predicted molar refractivity (Wildman–Crippen MR) is 110 cm³/mol. The van der Waals surface area contributed by atoms with Crippen LogP contribution in [0.2, 0.25) is 5.02 Å². The molecule has 160 valence electrons. The Labute approximate surface area is 184 Å². The number of thiazole rings is 1. The summed E-state index contributed by atoms with van der Waals surface area (Å²) in [6.45, 7) is -0.433. The van der Waals surface area contributed by atoms with E-state index in [0.29, 0.717) is 15.7 Å². The van der Waals surface area contributed by atoms with Gasteiger partial charge in [-0.05, 0) is 18.2 Å². The first-order valence-corrected chi connectivity index (χ1v) is 11.1. The van der Waals surface area contributed by atoms with E-state index in [1.807, 2.05) is 5.38 Å². The first kappa shape index (κ1) is 21.6. The van der Waals surface area contributed by atoms with Crippen LogP contribution in [0.3, 0.4) is 0 Å². The minimum atomic E-state index is -1.13. The van der Waals surface area contributed by atoms with Crippen molar-refractivity contribution in [2.45, 2.75) is 34.7 Å². The number of aliphatic hydroxyl groups excluding tert-OH is 2. The zero-order valence-electron chi connectivity index (χ0n) is 15.6. The van der Waals surface area contributed by atoms with Crippen molar-refractivity contribution in [3.8, 4) is 10.7 Å². The average Bonchev–Trinajstić information content (AvgIpc) is 3.43. The van der Waals surface area contributed by atoms with Gasteiger partial charge in [-0.1, -0.05) is 28.6 Å². The zero-order chi connectivity index (χ0) is 21.3. The van der Waals surface area contributed by atoms with Gasteiger partial charge in [-0.25, -0.2) is 14.1 Å². The van der Waals surface area contributed by atoms with Gasteiger partial charge in [-0.3, -0.25) is 0 Å². The molecule has 1 aliphatic rings. The van der Waals surface area contributed by atoms with E-state index in [2.05, 4.69) is 15.3 Å². The molecule has 3 heterocycles. The highest BCUT2D eigenvalue weighted by Gasteiger charge is 2.47. The number of aromatic nitrogens is 4. The lowest BCUT2D eigenvalue weighted by atomic mass is 9.97. The number of aliphatic hydroxyl groups is 2.